The van der Waals surface area contributed by atoms with Crippen molar-refractivity contribution in [1.82, 2.24) is 5.32 Å². The molecule has 0 unspecified atom stereocenters. The van der Waals surface area contributed by atoms with Crippen LogP contribution in [0.4, 0.5) is 0 Å². The first kappa shape index (κ1) is 10.7. The van der Waals surface area contributed by atoms with Crippen LogP contribution in [0.3, 0.4) is 0 Å². The van der Waals surface area contributed by atoms with Gasteiger partial charge in [0.15, 0.2) is 0 Å². The monoisotopic (exact) mass is 262 g/mol. The van der Waals surface area contributed by atoms with Crippen molar-refractivity contribution >= 4 is 33.2 Å². The molecule has 1 heterocycles. The minimum atomic E-state index is -0.446. The second kappa shape index (κ2) is 4.74. The molecular weight excluding hydrogens is 252 g/mol. The molecule has 1 atom stereocenters. The maximum atomic E-state index is 11.1. The van der Waals surface area contributed by atoms with Crippen LogP contribution in [0.1, 0.15) is 11.8 Å². The van der Waals surface area contributed by atoms with Gasteiger partial charge in [0.05, 0.1) is 12.6 Å². The highest BCUT2D eigenvalue weighted by molar-refractivity contribution is 9.10. The Balaban J connectivity index is 2.44. The third kappa shape index (κ3) is 3.10. The van der Waals surface area contributed by atoms with Gasteiger partial charge in [-0.2, -0.15) is 0 Å². The molecule has 0 bridgehead atoms. The zero-order valence-corrected chi connectivity index (χ0v) is 9.61. The van der Waals surface area contributed by atoms with Crippen LogP contribution in [0.5, 0.6) is 0 Å². The lowest BCUT2D eigenvalue weighted by atomic mass is 10.3. The van der Waals surface area contributed by atoms with Crippen LogP contribution < -0.4 is 11.1 Å². The average Bonchev–Trinajstić information content (AvgIpc) is 2.47. The molecule has 0 aliphatic carbocycles. The van der Waals surface area contributed by atoms with Gasteiger partial charge in [-0.1, -0.05) is 0 Å². The molecule has 1 rings (SSSR count). The highest BCUT2D eigenvalue weighted by atomic mass is 79.9. The summed E-state index contributed by atoms with van der Waals surface area (Å²) in [5.74, 6) is -0.125. The number of hydrogen-bond donors (Lipinski definition) is 2. The Morgan fingerprint density at radius 2 is 2.54 bits per heavy atom. The molecule has 5 heteroatoms. The minimum absolute atomic E-state index is 0.125. The number of amides is 1. The van der Waals surface area contributed by atoms with E-state index in [0.717, 1.165) is 9.35 Å². The number of carbonyl (C=O) groups is 1. The normalized spacial score (nSPS) is 12.5. The molecule has 0 radical (unpaired) electrons. The van der Waals surface area contributed by atoms with Crippen molar-refractivity contribution in [2.45, 2.75) is 19.5 Å². The predicted octanol–water partition coefficient (Wildman–Crippen LogP) is 1.47. The lowest BCUT2D eigenvalue weighted by molar-refractivity contribution is -0.122. The zero-order chi connectivity index (χ0) is 9.84. The second-order valence-electron chi connectivity index (χ2n) is 2.70. The van der Waals surface area contributed by atoms with Crippen LogP contribution in [-0.4, -0.2) is 11.9 Å². The molecule has 0 saturated heterocycles. The number of rotatable bonds is 3. The van der Waals surface area contributed by atoms with E-state index in [9.17, 15) is 4.79 Å². The Labute approximate surface area is 89.5 Å². The van der Waals surface area contributed by atoms with E-state index in [0.29, 0.717) is 6.54 Å². The molecule has 0 aromatic carbocycles. The van der Waals surface area contributed by atoms with Gasteiger partial charge in [0, 0.05) is 9.35 Å². The van der Waals surface area contributed by atoms with E-state index in [1.54, 1.807) is 18.3 Å². The number of carbonyl (C=O) groups excluding carboxylic acids is 1. The summed E-state index contributed by atoms with van der Waals surface area (Å²) >= 11 is 4.98. The van der Waals surface area contributed by atoms with E-state index in [2.05, 4.69) is 21.2 Å². The van der Waals surface area contributed by atoms with Crippen molar-refractivity contribution in [2.75, 3.05) is 0 Å². The molecule has 0 spiro atoms. The van der Waals surface area contributed by atoms with Crippen molar-refractivity contribution in [3.63, 3.8) is 0 Å². The summed E-state index contributed by atoms with van der Waals surface area (Å²) in [6.07, 6.45) is 0. The Bertz CT molecular complexity index is 298. The van der Waals surface area contributed by atoms with Crippen molar-refractivity contribution in [2.24, 2.45) is 5.73 Å². The molecule has 13 heavy (non-hydrogen) atoms. The maximum absolute atomic E-state index is 11.1. The van der Waals surface area contributed by atoms with Crippen molar-refractivity contribution in [3.8, 4) is 0 Å². The molecule has 0 fully saturated rings. The predicted molar refractivity (Wildman–Crippen MR) is 57.5 cm³/mol. The van der Waals surface area contributed by atoms with Crippen LogP contribution in [0, 0.1) is 0 Å². The molecule has 0 aliphatic heterocycles. The SMILES string of the molecule is C[C@@H](N)C(=O)NCc1sccc1Br. The summed E-state index contributed by atoms with van der Waals surface area (Å²) < 4.78 is 1.03. The fourth-order valence-corrected chi connectivity index (χ4v) is 2.21. The number of halogens is 1. The minimum Gasteiger partial charge on any atom is -0.350 e. The topological polar surface area (TPSA) is 55.1 Å². The molecule has 3 N–H and O–H groups in total. The van der Waals surface area contributed by atoms with E-state index >= 15 is 0 Å². The van der Waals surface area contributed by atoms with Crippen molar-refractivity contribution in [3.05, 3.63) is 20.8 Å². The van der Waals surface area contributed by atoms with Crippen LogP contribution in [0.25, 0.3) is 0 Å². The van der Waals surface area contributed by atoms with E-state index in [1.165, 1.54) is 0 Å². The van der Waals surface area contributed by atoms with E-state index in [4.69, 9.17) is 5.73 Å². The summed E-state index contributed by atoms with van der Waals surface area (Å²) in [7, 11) is 0. The second-order valence-corrected chi connectivity index (χ2v) is 4.55. The summed E-state index contributed by atoms with van der Waals surface area (Å²) in [6, 6.07) is 1.51. The first-order valence-electron chi connectivity index (χ1n) is 3.86. The average molecular weight is 263 g/mol. The third-order valence-electron chi connectivity index (χ3n) is 1.53. The van der Waals surface area contributed by atoms with Crippen LogP contribution in [0.15, 0.2) is 15.9 Å². The van der Waals surface area contributed by atoms with E-state index in [-0.39, 0.29) is 5.91 Å². The summed E-state index contributed by atoms with van der Waals surface area (Å²) in [6.45, 7) is 2.21. The Morgan fingerprint density at radius 1 is 1.85 bits per heavy atom. The molecule has 1 aromatic rings. The van der Waals surface area contributed by atoms with Gasteiger partial charge in [-0.15, -0.1) is 11.3 Å². The van der Waals surface area contributed by atoms with Crippen LogP contribution >= 0.6 is 27.3 Å². The van der Waals surface area contributed by atoms with Crippen LogP contribution in [-0.2, 0) is 11.3 Å². The van der Waals surface area contributed by atoms with Gasteiger partial charge in [-0.25, -0.2) is 0 Å². The third-order valence-corrected chi connectivity index (χ3v) is 3.45. The summed E-state index contributed by atoms with van der Waals surface area (Å²) in [4.78, 5) is 12.2. The smallest absolute Gasteiger partial charge is 0.236 e. The van der Waals surface area contributed by atoms with Crippen molar-refractivity contribution in [1.29, 1.82) is 0 Å². The molecular formula is C8H11BrN2OS. The number of thiophene rings is 1. The van der Waals surface area contributed by atoms with Gasteiger partial charge in [0.1, 0.15) is 0 Å². The molecule has 1 amide bonds. The molecule has 72 valence electrons. The number of nitrogens with one attached hydrogen (secondary N) is 1. The lowest BCUT2D eigenvalue weighted by Crippen LogP contribution is -2.37. The standard InChI is InChI=1S/C8H11BrN2OS/c1-5(10)8(12)11-4-7-6(9)2-3-13-7/h2-3,5H,4,10H2,1H3,(H,11,12)/t5-/m1/s1. The quantitative estimate of drug-likeness (QED) is 0.867. The van der Waals surface area contributed by atoms with Gasteiger partial charge >= 0.3 is 0 Å². The first-order chi connectivity index (χ1) is 6.11. The van der Waals surface area contributed by atoms with Crippen molar-refractivity contribution < 1.29 is 4.79 Å². The lowest BCUT2D eigenvalue weighted by Gasteiger charge is -2.06. The van der Waals surface area contributed by atoms with Gasteiger partial charge in [0.25, 0.3) is 0 Å². The van der Waals surface area contributed by atoms with Gasteiger partial charge < -0.3 is 11.1 Å². The van der Waals surface area contributed by atoms with E-state index in [1.807, 2.05) is 11.4 Å². The summed E-state index contributed by atoms with van der Waals surface area (Å²) in [5.41, 5.74) is 5.39. The summed E-state index contributed by atoms with van der Waals surface area (Å²) in [5, 5.41) is 4.71. The van der Waals surface area contributed by atoms with Crippen LogP contribution in [0.2, 0.25) is 0 Å². The Hall–Kier alpha value is -0.390. The highest BCUT2D eigenvalue weighted by Crippen LogP contribution is 2.21. The van der Waals surface area contributed by atoms with Gasteiger partial charge in [-0.3, -0.25) is 4.79 Å². The largest absolute Gasteiger partial charge is 0.350 e. The molecule has 0 saturated carbocycles. The fourth-order valence-electron chi connectivity index (χ4n) is 0.780. The van der Waals surface area contributed by atoms with Gasteiger partial charge in [0.2, 0.25) is 5.91 Å². The Kier molecular flexibility index (Phi) is 3.90. The molecule has 1 aromatic heterocycles. The van der Waals surface area contributed by atoms with E-state index < -0.39 is 6.04 Å². The Morgan fingerprint density at radius 3 is 3.00 bits per heavy atom. The highest BCUT2D eigenvalue weighted by Gasteiger charge is 2.07. The zero-order valence-electron chi connectivity index (χ0n) is 7.21. The maximum Gasteiger partial charge on any atom is 0.236 e. The fraction of sp³-hybridized carbons (Fsp3) is 0.375. The van der Waals surface area contributed by atoms with Gasteiger partial charge in [-0.05, 0) is 34.3 Å². The molecule has 0 aliphatic rings. The number of hydrogen-bond acceptors (Lipinski definition) is 3. The first-order valence-corrected chi connectivity index (χ1v) is 5.53. The molecule has 3 nitrogen and oxygen atoms in total. The number of nitrogens with two attached hydrogens (primary N) is 1.